The van der Waals surface area contributed by atoms with E-state index in [1.807, 2.05) is 6.92 Å². The van der Waals surface area contributed by atoms with Gasteiger partial charge in [-0.05, 0) is 43.1 Å². The Hall–Kier alpha value is -1.66. The van der Waals surface area contributed by atoms with Gasteiger partial charge in [0.1, 0.15) is 17.3 Å². The smallest absolute Gasteiger partial charge is 0.191 e. The van der Waals surface area contributed by atoms with Gasteiger partial charge < -0.3 is 13.9 Å². The Labute approximate surface area is 164 Å². The van der Waals surface area contributed by atoms with Crippen LogP contribution in [0.1, 0.15) is 55.1 Å². The van der Waals surface area contributed by atoms with Gasteiger partial charge in [-0.2, -0.15) is 0 Å². The third-order valence-corrected chi connectivity index (χ3v) is 9.94. The maximum atomic E-state index is 12.4. The van der Waals surface area contributed by atoms with Crippen LogP contribution in [-0.4, -0.2) is 41.2 Å². The molecule has 0 atom stereocenters. The van der Waals surface area contributed by atoms with Gasteiger partial charge in [0.15, 0.2) is 14.6 Å². The van der Waals surface area contributed by atoms with Gasteiger partial charge in [-0.25, -0.2) is 0 Å². The molecule has 0 saturated carbocycles. The first kappa shape index (κ1) is 23.4. The monoisotopic (exact) mass is 394 g/mol. The van der Waals surface area contributed by atoms with Crippen molar-refractivity contribution in [3.05, 3.63) is 22.8 Å². The van der Waals surface area contributed by atoms with Gasteiger partial charge in [0.05, 0.1) is 19.8 Å². The molecule has 0 saturated heterocycles. The topological polar surface area (TPSA) is 61.8 Å². The second-order valence-electron chi connectivity index (χ2n) is 8.36. The fourth-order valence-electron chi connectivity index (χ4n) is 2.67. The zero-order chi connectivity index (χ0) is 20.8. The normalized spacial score (nSPS) is 12.0. The number of ketones is 1. The maximum absolute atomic E-state index is 12.4. The fraction of sp³-hybridized carbons (Fsp3) is 0.619. The summed E-state index contributed by atoms with van der Waals surface area (Å²) in [5.41, 5.74) is 1.81. The fourth-order valence-corrected chi connectivity index (χ4v) is 3.76. The van der Waals surface area contributed by atoms with Crippen LogP contribution in [-0.2, 0) is 15.6 Å². The molecule has 0 N–H and O–H groups in total. The number of hydrogen-bond acceptors (Lipinski definition) is 5. The first-order valence-corrected chi connectivity index (χ1v) is 12.2. The van der Waals surface area contributed by atoms with Gasteiger partial charge in [-0.15, -0.1) is 0 Å². The molecule has 27 heavy (non-hydrogen) atoms. The molecular formula is C21H34O5Si. The largest absolute Gasteiger partial charge is 0.496 e. The summed E-state index contributed by atoms with van der Waals surface area (Å²) < 4.78 is 16.8. The molecule has 0 radical (unpaired) electrons. The van der Waals surface area contributed by atoms with Crippen LogP contribution in [0.4, 0.5) is 0 Å². The van der Waals surface area contributed by atoms with Crippen molar-refractivity contribution in [2.75, 3.05) is 20.8 Å². The van der Waals surface area contributed by atoms with Crippen LogP contribution in [0.3, 0.4) is 0 Å². The molecule has 5 nitrogen and oxygen atoms in total. The van der Waals surface area contributed by atoms with E-state index in [9.17, 15) is 9.59 Å². The van der Waals surface area contributed by atoms with E-state index in [1.165, 1.54) is 7.11 Å². The highest BCUT2D eigenvalue weighted by molar-refractivity contribution is 6.74. The van der Waals surface area contributed by atoms with Gasteiger partial charge >= 0.3 is 0 Å². The molecular weight excluding hydrogens is 360 g/mol. The van der Waals surface area contributed by atoms with Crippen LogP contribution in [0, 0.1) is 6.92 Å². The van der Waals surface area contributed by atoms with Crippen LogP contribution in [0.2, 0.25) is 18.1 Å². The summed E-state index contributed by atoms with van der Waals surface area (Å²) in [6.07, 6.45) is 2.03. The second kappa shape index (κ2) is 9.51. The van der Waals surface area contributed by atoms with Gasteiger partial charge in [0.25, 0.3) is 0 Å². The average Bonchev–Trinajstić information content (AvgIpc) is 2.58. The Balaban J connectivity index is 2.76. The van der Waals surface area contributed by atoms with Crippen LogP contribution < -0.4 is 9.47 Å². The number of Topliss-reactive ketones (excluding diaryl/α,β-unsaturated/α-hetero) is 1. The minimum absolute atomic E-state index is 0.0740. The standard InChI is InChI=1S/C21H34O5Si/c1-15-19(24-5)13-16(18(14-22)20(15)25-6)12-17(23)10-9-11-26-27(7,8)21(2,3)4/h13-14H,9-12H2,1-8H3. The Bertz CT molecular complexity index is 674. The van der Waals surface area contributed by atoms with Gasteiger partial charge in [-0.1, -0.05) is 20.8 Å². The number of ether oxygens (including phenoxy) is 2. The van der Waals surface area contributed by atoms with E-state index in [4.69, 9.17) is 13.9 Å². The highest BCUT2D eigenvalue weighted by Gasteiger charge is 2.36. The SMILES string of the molecule is COc1cc(CC(=O)CCCO[Si](C)(C)C(C)(C)C)c(C=O)c(OC)c1C. The number of carbonyl (C=O) groups is 2. The third kappa shape index (κ3) is 5.91. The molecule has 1 aromatic carbocycles. The highest BCUT2D eigenvalue weighted by Crippen LogP contribution is 2.37. The molecule has 0 spiro atoms. The first-order chi connectivity index (χ1) is 12.5. The van der Waals surface area contributed by atoms with Crippen molar-refractivity contribution < 1.29 is 23.5 Å². The predicted molar refractivity (Wildman–Crippen MR) is 111 cm³/mol. The lowest BCUT2D eigenvalue weighted by molar-refractivity contribution is -0.118. The molecule has 0 bridgehead atoms. The summed E-state index contributed by atoms with van der Waals surface area (Å²) in [5.74, 6) is 1.15. The first-order valence-electron chi connectivity index (χ1n) is 9.33. The Morgan fingerprint density at radius 1 is 1.19 bits per heavy atom. The predicted octanol–water partition coefficient (Wildman–Crippen LogP) is 4.74. The molecule has 1 rings (SSSR count). The number of hydrogen-bond donors (Lipinski definition) is 0. The molecule has 0 aromatic heterocycles. The van der Waals surface area contributed by atoms with E-state index in [-0.39, 0.29) is 17.2 Å². The highest BCUT2D eigenvalue weighted by atomic mass is 28.4. The molecule has 0 unspecified atom stereocenters. The van der Waals surface area contributed by atoms with Crippen molar-refractivity contribution in [1.82, 2.24) is 0 Å². The van der Waals surface area contributed by atoms with E-state index < -0.39 is 8.32 Å². The summed E-state index contributed by atoms with van der Waals surface area (Å²) in [5, 5.41) is 0.158. The number of rotatable bonds is 10. The van der Waals surface area contributed by atoms with Crippen molar-refractivity contribution in [1.29, 1.82) is 0 Å². The Morgan fingerprint density at radius 2 is 1.81 bits per heavy atom. The van der Waals surface area contributed by atoms with Gasteiger partial charge in [-0.3, -0.25) is 9.59 Å². The van der Waals surface area contributed by atoms with Crippen LogP contribution in [0.15, 0.2) is 6.07 Å². The van der Waals surface area contributed by atoms with Crippen molar-refractivity contribution in [2.24, 2.45) is 0 Å². The zero-order valence-corrected chi connectivity index (χ0v) is 19.0. The van der Waals surface area contributed by atoms with Crippen molar-refractivity contribution >= 4 is 20.4 Å². The number of methoxy groups -OCH3 is 2. The minimum Gasteiger partial charge on any atom is -0.496 e. The van der Waals surface area contributed by atoms with Crippen molar-refractivity contribution in [3.8, 4) is 11.5 Å². The summed E-state index contributed by atoms with van der Waals surface area (Å²) in [7, 11) is 1.29. The van der Waals surface area contributed by atoms with Gasteiger partial charge in [0.2, 0.25) is 0 Å². The molecule has 0 aliphatic rings. The van der Waals surface area contributed by atoms with E-state index in [2.05, 4.69) is 33.9 Å². The summed E-state index contributed by atoms with van der Waals surface area (Å²) in [4.78, 5) is 24.0. The van der Waals surface area contributed by atoms with Crippen molar-refractivity contribution in [3.63, 3.8) is 0 Å². The van der Waals surface area contributed by atoms with E-state index in [1.54, 1.807) is 13.2 Å². The molecule has 0 aliphatic carbocycles. The maximum Gasteiger partial charge on any atom is 0.191 e. The van der Waals surface area contributed by atoms with Crippen molar-refractivity contribution in [2.45, 2.75) is 65.1 Å². The summed E-state index contributed by atoms with van der Waals surface area (Å²) in [6, 6.07) is 1.76. The quantitative estimate of drug-likeness (QED) is 0.326. The van der Waals surface area contributed by atoms with Crippen LogP contribution in [0.25, 0.3) is 0 Å². The van der Waals surface area contributed by atoms with E-state index in [0.29, 0.717) is 42.1 Å². The number of carbonyl (C=O) groups excluding carboxylic acids is 2. The Kier molecular flexibility index (Phi) is 8.23. The lowest BCUT2D eigenvalue weighted by Gasteiger charge is -2.36. The average molecular weight is 395 g/mol. The Morgan fingerprint density at radius 3 is 2.30 bits per heavy atom. The minimum atomic E-state index is -1.79. The number of aldehydes is 1. The molecule has 0 heterocycles. The zero-order valence-electron chi connectivity index (χ0n) is 18.0. The number of benzene rings is 1. The van der Waals surface area contributed by atoms with E-state index in [0.717, 1.165) is 11.8 Å². The van der Waals surface area contributed by atoms with Crippen LogP contribution >= 0.6 is 0 Å². The molecule has 152 valence electrons. The van der Waals surface area contributed by atoms with Crippen LogP contribution in [0.5, 0.6) is 11.5 Å². The summed E-state index contributed by atoms with van der Waals surface area (Å²) >= 11 is 0. The molecule has 1 aromatic rings. The lowest BCUT2D eigenvalue weighted by Crippen LogP contribution is -2.41. The third-order valence-electron chi connectivity index (χ3n) is 5.40. The molecule has 0 aliphatic heterocycles. The lowest BCUT2D eigenvalue weighted by atomic mass is 9.97. The van der Waals surface area contributed by atoms with E-state index >= 15 is 0 Å². The second-order valence-corrected chi connectivity index (χ2v) is 13.2. The molecule has 0 fully saturated rings. The molecule has 0 amide bonds. The summed E-state index contributed by atoms with van der Waals surface area (Å²) in [6.45, 7) is 13.4. The molecule has 6 heteroatoms. The van der Waals surface area contributed by atoms with Gasteiger partial charge in [0, 0.05) is 25.0 Å².